The normalized spacial score (nSPS) is 38.6. The van der Waals surface area contributed by atoms with Crippen molar-refractivity contribution < 1.29 is 8.60 Å². The Bertz CT molecular complexity index is 291. The highest BCUT2D eigenvalue weighted by Gasteiger charge is 2.38. The van der Waals surface area contributed by atoms with E-state index in [1.54, 1.807) is 0 Å². The third-order valence-corrected chi connectivity index (χ3v) is 5.49. The molecule has 1 aliphatic heterocycles. The molecule has 1 saturated heterocycles. The van der Waals surface area contributed by atoms with Crippen molar-refractivity contribution in [2.45, 2.75) is 39.3 Å². The van der Waals surface area contributed by atoms with Crippen molar-refractivity contribution in [3.63, 3.8) is 0 Å². The van der Waals surface area contributed by atoms with Gasteiger partial charge in [0.05, 0.1) is 0 Å². The molecule has 84 valence electrons. The summed E-state index contributed by atoms with van der Waals surface area (Å²) in [7, 11) is -2.06. The monoisotopic (exact) mass is 221 g/mol. The Hall–Kier alpha value is -0.120. The summed E-state index contributed by atoms with van der Waals surface area (Å²) in [6.07, 6.45) is 0.819. The van der Waals surface area contributed by atoms with Crippen molar-refractivity contribution >= 4 is 9.73 Å². The van der Waals surface area contributed by atoms with Gasteiger partial charge in [-0.2, -0.15) is 0 Å². The second-order valence-corrected chi connectivity index (χ2v) is 6.94. The molecular formula is C10H20FNOS. The second-order valence-electron chi connectivity index (χ2n) is 4.32. The maximum atomic E-state index is 14.1. The number of hydrogen-bond donors (Lipinski definition) is 0. The van der Waals surface area contributed by atoms with Crippen LogP contribution in [0.4, 0.5) is 4.39 Å². The fraction of sp³-hybridized carbons (Fsp3) is 1.00. The molecule has 2 nitrogen and oxygen atoms in total. The Morgan fingerprint density at radius 3 is 2.29 bits per heavy atom. The third kappa shape index (κ3) is 2.47. The van der Waals surface area contributed by atoms with Crippen molar-refractivity contribution in [3.05, 3.63) is 0 Å². The Kier molecular flexibility index (Phi) is 3.56. The Balaban J connectivity index is 2.72. The first-order valence-electron chi connectivity index (χ1n) is 5.29. The van der Waals surface area contributed by atoms with Gasteiger partial charge in [-0.3, -0.25) is 0 Å². The van der Waals surface area contributed by atoms with E-state index in [0.29, 0.717) is 30.9 Å². The molecule has 1 fully saturated rings. The first kappa shape index (κ1) is 12.0. The molecule has 14 heavy (non-hydrogen) atoms. The van der Waals surface area contributed by atoms with Gasteiger partial charge in [0.1, 0.15) is 5.67 Å². The molecule has 0 aromatic rings. The van der Waals surface area contributed by atoms with Gasteiger partial charge in [-0.25, -0.2) is 13.0 Å². The van der Waals surface area contributed by atoms with Crippen LogP contribution < -0.4 is 0 Å². The molecular weight excluding hydrogens is 201 g/mol. The number of alkyl halides is 1. The fourth-order valence-corrected chi connectivity index (χ4v) is 4.08. The average Bonchev–Trinajstić information content (AvgIpc) is 2.11. The minimum Gasteiger partial charge on any atom is -0.250 e. The van der Waals surface area contributed by atoms with Crippen molar-refractivity contribution in [3.8, 4) is 0 Å². The topological polar surface area (TPSA) is 29.4 Å². The number of hydrogen-bond acceptors (Lipinski definition) is 2. The van der Waals surface area contributed by atoms with E-state index in [1.807, 2.05) is 20.8 Å². The molecule has 1 aliphatic rings. The van der Waals surface area contributed by atoms with Crippen molar-refractivity contribution in [1.82, 2.24) is 0 Å². The van der Waals surface area contributed by atoms with Gasteiger partial charge in [0.25, 0.3) is 0 Å². The summed E-state index contributed by atoms with van der Waals surface area (Å²) in [4.78, 5) is 0. The van der Waals surface area contributed by atoms with Gasteiger partial charge >= 0.3 is 0 Å². The summed E-state index contributed by atoms with van der Waals surface area (Å²) in [5, 5.41) is 0. The lowest BCUT2D eigenvalue weighted by Gasteiger charge is -2.34. The smallest absolute Gasteiger partial charge is 0.115 e. The largest absolute Gasteiger partial charge is 0.250 e. The van der Waals surface area contributed by atoms with E-state index in [4.69, 9.17) is 0 Å². The summed E-state index contributed by atoms with van der Waals surface area (Å²) in [6, 6.07) is 0. The van der Waals surface area contributed by atoms with Gasteiger partial charge in [0.15, 0.2) is 0 Å². The highest BCUT2D eigenvalue weighted by Crippen LogP contribution is 2.35. The zero-order valence-corrected chi connectivity index (χ0v) is 10.1. The molecule has 0 aliphatic carbocycles. The van der Waals surface area contributed by atoms with Gasteiger partial charge < -0.3 is 0 Å². The number of nitrogens with zero attached hydrogens (tertiary/aromatic N) is 1. The second kappa shape index (κ2) is 4.17. The van der Waals surface area contributed by atoms with Crippen LogP contribution in [0.2, 0.25) is 0 Å². The van der Waals surface area contributed by atoms with E-state index < -0.39 is 15.4 Å². The minimum absolute atomic E-state index is 0.0214. The summed E-state index contributed by atoms with van der Waals surface area (Å²) in [5.41, 5.74) is -1.11. The molecule has 0 N–H and O–H groups in total. The first-order valence-corrected chi connectivity index (χ1v) is 7.14. The molecule has 0 saturated carbocycles. The predicted octanol–water partition coefficient (Wildman–Crippen LogP) is 2.63. The maximum Gasteiger partial charge on any atom is 0.115 e. The van der Waals surface area contributed by atoms with E-state index in [9.17, 15) is 8.60 Å². The van der Waals surface area contributed by atoms with E-state index in [0.717, 1.165) is 0 Å². The molecule has 0 aromatic carbocycles. The average molecular weight is 221 g/mol. The third-order valence-electron chi connectivity index (χ3n) is 3.07. The molecule has 0 bridgehead atoms. The van der Waals surface area contributed by atoms with Crippen molar-refractivity contribution in [2.24, 2.45) is 10.3 Å². The van der Waals surface area contributed by atoms with Gasteiger partial charge in [-0.1, -0.05) is 13.8 Å². The van der Waals surface area contributed by atoms with Gasteiger partial charge in [-0.15, -0.1) is 0 Å². The molecule has 0 unspecified atom stereocenters. The van der Waals surface area contributed by atoms with Crippen molar-refractivity contribution in [2.75, 3.05) is 18.1 Å². The summed E-state index contributed by atoms with van der Waals surface area (Å²) < 4.78 is 30.2. The Morgan fingerprint density at radius 2 is 1.93 bits per heavy atom. The maximum absolute atomic E-state index is 14.1. The minimum atomic E-state index is -2.06. The SMILES string of the molecule is CCN=S1(=O)CCC(F)(C(C)C)CC1. The summed E-state index contributed by atoms with van der Waals surface area (Å²) in [5.74, 6) is 0.901. The lowest BCUT2D eigenvalue weighted by Crippen LogP contribution is -2.39. The van der Waals surface area contributed by atoms with Gasteiger partial charge in [0, 0.05) is 27.8 Å². The van der Waals surface area contributed by atoms with Crippen LogP contribution in [-0.2, 0) is 9.73 Å². The molecule has 1 rings (SSSR count). The fourth-order valence-electron chi connectivity index (χ4n) is 1.83. The predicted molar refractivity (Wildman–Crippen MR) is 58.8 cm³/mol. The molecule has 1 heterocycles. The highest BCUT2D eigenvalue weighted by atomic mass is 32.2. The number of halogens is 1. The number of rotatable bonds is 2. The van der Waals surface area contributed by atoms with Crippen molar-refractivity contribution in [1.29, 1.82) is 0 Å². The summed E-state index contributed by atoms with van der Waals surface area (Å²) in [6.45, 7) is 6.25. The van der Waals surface area contributed by atoms with Crippen LogP contribution >= 0.6 is 0 Å². The van der Waals surface area contributed by atoms with Crippen LogP contribution in [0.5, 0.6) is 0 Å². The van der Waals surface area contributed by atoms with Crippen LogP contribution in [0.25, 0.3) is 0 Å². The van der Waals surface area contributed by atoms with Crippen LogP contribution in [-0.4, -0.2) is 27.9 Å². The molecule has 0 atom stereocenters. The molecule has 0 radical (unpaired) electrons. The van der Waals surface area contributed by atoms with Crippen LogP contribution in [0.1, 0.15) is 33.6 Å². The van der Waals surface area contributed by atoms with Gasteiger partial charge in [-0.05, 0) is 25.7 Å². The Morgan fingerprint density at radius 1 is 1.43 bits per heavy atom. The zero-order valence-electron chi connectivity index (χ0n) is 9.25. The zero-order chi connectivity index (χ0) is 10.8. The first-order chi connectivity index (χ1) is 6.42. The van der Waals surface area contributed by atoms with E-state index >= 15 is 0 Å². The molecule has 0 amide bonds. The molecule has 0 aromatic heterocycles. The highest BCUT2D eigenvalue weighted by molar-refractivity contribution is 7.93. The van der Waals surface area contributed by atoms with Gasteiger partial charge in [0.2, 0.25) is 0 Å². The molecule has 0 spiro atoms. The van der Waals surface area contributed by atoms with E-state index in [2.05, 4.69) is 4.36 Å². The quantitative estimate of drug-likeness (QED) is 0.705. The van der Waals surface area contributed by atoms with Crippen LogP contribution in [0.15, 0.2) is 4.36 Å². The summed E-state index contributed by atoms with van der Waals surface area (Å²) >= 11 is 0. The van der Waals surface area contributed by atoms with E-state index in [-0.39, 0.29) is 5.92 Å². The van der Waals surface area contributed by atoms with Crippen LogP contribution in [0.3, 0.4) is 0 Å². The van der Waals surface area contributed by atoms with Crippen LogP contribution in [0, 0.1) is 5.92 Å². The van der Waals surface area contributed by atoms with E-state index in [1.165, 1.54) is 0 Å². The lowest BCUT2D eigenvalue weighted by atomic mass is 9.87. The Labute approximate surface area is 86.5 Å². The molecule has 4 heteroatoms. The standard InChI is InChI=1S/C10H20FNOS/c1-4-12-14(13)7-5-10(11,6-8-14)9(2)3/h9H,4-8H2,1-3H3. The lowest BCUT2D eigenvalue weighted by molar-refractivity contribution is 0.0885.